The minimum Gasteiger partial charge on any atom is -0.392 e. The summed E-state index contributed by atoms with van der Waals surface area (Å²) in [6, 6.07) is 0. The summed E-state index contributed by atoms with van der Waals surface area (Å²) in [4.78, 5) is 0. The van der Waals surface area contributed by atoms with Crippen molar-refractivity contribution in [2.45, 2.75) is 39.8 Å². The van der Waals surface area contributed by atoms with Crippen LogP contribution in [0.25, 0.3) is 0 Å². The highest BCUT2D eigenvalue weighted by atomic mass is 14.8. The number of allylic oxidation sites excluding steroid dienone is 1. The third-order valence-electron chi connectivity index (χ3n) is 2.70. The second-order valence-corrected chi connectivity index (χ2v) is 4.26. The second kappa shape index (κ2) is 6.12. The van der Waals surface area contributed by atoms with Gasteiger partial charge in [0.05, 0.1) is 0 Å². The van der Waals surface area contributed by atoms with Gasteiger partial charge in [0, 0.05) is 12.7 Å². The van der Waals surface area contributed by atoms with E-state index in [1.165, 1.54) is 6.32 Å². The van der Waals surface area contributed by atoms with Crippen LogP contribution in [0.1, 0.15) is 27.7 Å². The third kappa shape index (κ3) is 5.02. The molecule has 0 bridgehead atoms. The molecule has 1 nitrogen and oxygen atoms in total. The van der Waals surface area contributed by atoms with Crippen LogP contribution in [0.3, 0.4) is 0 Å². The quantitative estimate of drug-likeness (QED) is 0.619. The van der Waals surface area contributed by atoms with Crippen LogP contribution in [0, 0.1) is 11.8 Å². The lowest BCUT2D eigenvalue weighted by Crippen LogP contribution is -2.20. The zero-order valence-electron chi connectivity index (χ0n) is 9.72. The number of hydrogen-bond donors (Lipinski definition) is 1. The van der Waals surface area contributed by atoms with Crippen molar-refractivity contribution in [3.8, 4) is 0 Å². The molecule has 0 aliphatic rings. The molecular weight excluding hydrogens is 157 g/mol. The van der Waals surface area contributed by atoms with Gasteiger partial charge >= 0.3 is 0 Å². The molecule has 0 amide bonds. The lowest BCUT2D eigenvalue weighted by atomic mass is 9.59. The molecule has 2 heteroatoms. The maximum Gasteiger partial charge on any atom is 0.113 e. The normalized spacial score (nSPS) is 15.2. The Morgan fingerprint density at radius 1 is 1.31 bits per heavy atom. The predicted molar refractivity (Wildman–Crippen MR) is 62.2 cm³/mol. The molecule has 75 valence electrons. The van der Waals surface area contributed by atoms with E-state index in [1.54, 1.807) is 0 Å². The van der Waals surface area contributed by atoms with Crippen LogP contribution in [0.4, 0.5) is 0 Å². The number of nitrogens with one attached hydrogen (secondary N) is 1. The van der Waals surface area contributed by atoms with E-state index in [9.17, 15) is 0 Å². The summed E-state index contributed by atoms with van der Waals surface area (Å²) >= 11 is 0. The SMILES string of the molecule is C=C(NC)[C@@H](C)C(C)C[B]C(C)C. The highest BCUT2D eigenvalue weighted by Gasteiger charge is 2.14. The standard InChI is InChI=1S/C11H23BN/c1-8(2)12-7-9(3)10(4)11(5)13-6/h8-10,13H,5,7H2,1-4,6H3/t9?,10-/m0/s1. The Morgan fingerprint density at radius 2 is 1.85 bits per heavy atom. The lowest BCUT2D eigenvalue weighted by Gasteiger charge is -2.22. The van der Waals surface area contributed by atoms with Gasteiger partial charge in [-0.3, -0.25) is 0 Å². The summed E-state index contributed by atoms with van der Waals surface area (Å²) in [5.74, 6) is 1.93. The van der Waals surface area contributed by atoms with Gasteiger partial charge in [0.15, 0.2) is 0 Å². The van der Waals surface area contributed by atoms with Gasteiger partial charge in [-0.15, -0.1) is 0 Å². The smallest absolute Gasteiger partial charge is 0.113 e. The fraction of sp³-hybridized carbons (Fsp3) is 0.818. The Labute approximate surface area is 84.2 Å². The molecule has 0 spiro atoms. The predicted octanol–water partition coefficient (Wildman–Crippen LogP) is 2.94. The second-order valence-electron chi connectivity index (χ2n) is 4.26. The molecule has 0 rings (SSSR count). The van der Waals surface area contributed by atoms with Gasteiger partial charge < -0.3 is 5.32 Å². The Balaban J connectivity index is 3.82. The van der Waals surface area contributed by atoms with Crippen LogP contribution in [0.5, 0.6) is 0 Å². The molecule has 0 saturated heterocycles. The maximum absolute atomic E-state index is 4.00. The first-order valence-electron chi connectivity index (χ1n) is 5.18. The van der Waals surface area contributed by atoms with E-state index in [2.05, 4.69) is 46.9 Å². The fourth-order valence-corrected chi connectivity index (χ4v) is 1.26. The van der Waals surface area contributed by atoms with Crippen LogP contribution in [-0.2, 0) is 0 Å². The zero-order chi connectivity index (χ0) is 10.4. The van der Waals surface area contributed by atoms with Crippen LogP contribution >= 0.6 is 0 Å². The molecule has 0 aromatic carbocycles. The van der Waals surface area contributed by atoms with E-state index in [-0.39, 0.29) is 0 Å². The Bertz CT molecular complexity index is 154. The molecule has 0 aliphatic heterocycles. The van der Waals surface area contributed by atoms with E-state index in [4.69, 9.17) is 0 Å². The van der Waals surface area contributed by atoms with Crippen molar-refractivity contribution >= 4 is 7.28 Å². The van der Waals surface area contributed by atoms with Crippen molar-refractivity contribution in [3.05, 3.63) is 12.3 Å². The topological polar surface area (TPSA) is 12.0 Å². The summed E-state index contributed by atoms with van der Waals surface area (Å²) in [5.41, 5.74) is 1.14. The summed E-state index contributed by atoms with van der Waals surface area (Å²) in [6.45, 7) is 13.0. The molecule has 13 heavy (non-hydrogen) atoms. The first kappa shape index (κ1) is 12.6. The molecule has 0 aromatic heterocycles. The van der Waals surface area contributed by atoms with Gasteiger partial charge in [-0.05, 0) is 11.8 Å². The number of hydrogen-bond acceptors (Lipinski definition) is 1. The van der Waals surface area contributed by atoms with E-state index in [0.717, 1.165) is 5.70 Å². The summed E-state index contributed by atoms with van der Waals surface area (Å²) < 4.78 is 0. The van der Waals surface area contributed by atoms with Crippen molar-refractivity contribution in [2.75, 3.05) is 7.05 Å². The van der Waals surface area contributed by atoms with Crippen LogP contribution in [-0.4, -0.2) is 14.3 Å². The molecule has 0 aliphatic carbocycles. The first-order valence-corrected chi connectivity index (χ1v) is 5.18. The minimum absolute atomic E-state index is 0.556. The van der Waals surface area contributed by atoms with Crippen molar-refractivity contribution in [2.24, 2.45) is 11.8 Å². The maximum atomic E-state index is 4.00. The van der Waals surface area contributed by atoms with E-state index in [0.29, 0.717) is 17.7 Å². The molecule has 0 aromatic rings. The zero-order valence-corrected chi connectivity index (χ0v) is 9.72. The van der Waals surface area contributed by atoms with Gasteiger partial charge in [-0.1, -0.05) is 46.4 Å². The average Bonchev–Trinajstić information content (AvgIpc) is 2.11. The van der Waals surface area contributed by atoms with Crippen molar-refractivity contribution in [1.29, 1.82) is 0 Å². The Hall–Kier alpha value is -0.395. The molecule has 1 unspecified atom stereocenters. The molecule has 1 radical (unpaired) electrons. The van der Waals surface area contributed by atoms with Crippen molar-refractivity contribution in [1.82, 2.24) is 5.32 Å². The van der Waals surface area contributed by atoms with Gasteiger partial charge in [-0.25, -0.2) is 0 Å². The van der Waals surface area contributed by atoms with Gasteiger partial charge in [0.2, 0.25) is 0 Å². The summed E-state index contributed by atoms with van der Waals surface area (Å²) in [7, 11) is 4.32. The first-order chi connectivity index (χ1) is 5.99. The highest BCUT2D eigenvalue weighted by Crippen LogP contribution is 2.21. The van der Waals surface area contributed by atoms with Crippen molar-refractivity contribution < 1.29 is 0 Å². The minimum atomic E-state index is 0.556. The van der Waals surface area contributed by atoms with Gasteiger partial charge in [0.25, 0.3) is 0 Å². The molecule has 0 saturated carbocycles. The largest absolute Gasteiger partial charge is 0.392 e. The van der Waals surface area contributed by atoms with Crippen LogP contribution in [0.15, 0.2) is 12.3 Å². The fourth-order valence-electron chi connectivity index (χ4n) is 1.26. The molecular formula is C11H23BN. The van der Waals surface area contributed by atoms with Gasteiger partial charge in [-0.2, -0.15) is 0 Å². The highest BCUT2D eigenvalue weighted by molar-refractivity contribution is 6.37. The third-order valence-corrected chi connectivity index (χ3v) is 2.70. The Morgan fingerprint density at radius 3 is 2.23 bits per heavy atom. The molecule has 0 heterocycles. The summed E-state index contributed by atoms with van der Waals surface area (Å²) in [6.07, 6.45) is 1.18. The Kier molecular flexibility index (Phi) is 5.93. The van der Waals surface area contributed by atoms with E-state index >= 15 is 0 Å². The van der Waals surface area contributed by atoms with Crippen LogP contribution in [0.2, 0.25) is 12.1 Å². The number of rotatable bonds is 6. The summed E-state index contributed by atoms with van der Waals surface area (Å²) in [5, 5.41) is 3.12. The lowest BCUT2D eigenvalue weighted by molar-refractivity contribution is 0.459. The van der Waals surface area contributed by atoms with Crippen molar-refractivity contribution in [3.63, 3.8) is 0 Å². The average molecular weight is 180 g/mol. The monoisotopic (exact) mass is 180 g/mol. The molecule has 2 atom stereocenters. The van der Waals surface area contributed by atoms with Gasteiger partial charge in [0.1, 0.15) is 7.28 Å². The molecule has 0 fully saturated rings. The molecule has 1 N–H and O–H groups in total. The van der Waals surface area contributed by atoms with E-state index in [1.807, 2.05) is 7.05 Å². The van der Waals surface area contributed by atoms with Crippen LogP contribution < -0.4 is 5.32 Å². The van der Waals surface area contributed by atoms with E-state index < -0.39 is 0 Å².